The van der Waals surface area contributed by atoms with E-state index in [9.17, 15) is 4.79 Å². The molecule has 1 N–H and O–H groups in total. The second-order valence-corrected chi connectivity index (χ2v) is 5.09. The number of hydrogen-bond acceptors (Lipinski definition) is 4. The van der Waals surface area contributed by atoms with E-state index in [-0.39, 0.29) is 11.8 Å². The Hall–Kier alpha value is -2.21. The van der Waals surface area contributed by atoms with Crippen LogP contribution in [-0.4, -0.2) is 40.4 Å². The average molecular weight is 286 g/mol. The first-order valence-electron chi connectivity index (χ1n) is 7.11. The van der Waals surface area contributed by atoms with Crippen LogP contribution in [0.4, 0.5) is 0 Å². The first-order chi connectivity index (χ1) is 10.3. The van der Waals surface area contributed by atoms with Crippen molar-refractivity contribution >= 4 is 5.91 Å². The van der Waals surface area contributed by atoms with Gasteiger partial charge in [-0.1, -0.05) is 6.07 Å². The molecule has 1 amide bonds. The lowest BCUT2D eigenvalue weighted by Crippen LogP contribution is -2.33. The number of carbonyl (C=O) groups is 1. The summed E-state index contributed by atoms with van der Waals surface area (Å²) in [6, 6.07) is 3.90. The second kappa shape index (κ2) is 6.49. The molecular formula is C15H18N4O2. The van der Waals surface area contributed by atoms with Gasteiger partial charge in [-0.05, 0) is 12.5 Å². The Morgan fingerprint density at radius 1 is 1.43 bits per heavy atom. The van der Waals surface area contributed by atoms with Crippen LogP contribution in [0.5, 0.6) is 0 Å². The summed E-state index contributed by atoms with van der Waals surface area (Å²) in [4.78, 5) is 15.9. The Bertz CT molecular complexity index is 591. The van der Waals surface area contributed by atoms with Gasteiger partial charge in [0, 0.05) is 42.9 Å². The van der Waals surface area contributed by atoms with Crippen LogP contribution in [0.25, 0.3) is 11.1 Å². The molecule has 3 rings (SSSR count). The van der Waals surface area contributed by atoms with Gasteiger partial charge in [0.2, 0.25) is 5.91 Å². The number of carbonyl (C=O) groups excluding carboxylic acids is 1. The second-order valence-electron chi connectivity index (χ2n) is 5.09. The van der Waals surface area contributed by atoms with Crippen LogP contribution in [0.15, 0.2) is 36.9 Å². The summed E-state index contributed by atoms with van der Waals surface area (Å²) in [6.07, 6.45) is 8.14. The first kappa shape index (κ1) is 13.8. The maximum atomic E-state index is 11.8. The van der Waals surface area contributed by atoms with Gasteiger partial charge >= 0.3 is 0 Å². The Morgan fingerprint density at radius 2 is 2.38 bits per heavy atom. The van der Waals surface area contributed by atoms with Crippen LogP contribution in [0.2, 0.25) is 0 Å². The fourth-order valence-electron chi connectivity index (χ4n) is 2.35. The largest absolute Gasteiger partial charge is 0.381 e. The molecule has 1 saturated heterocycles. The minimum atomic E-state index is 0.00794. The normalized spacial score (nSPS) is 17.8. The maximum Gasteiger partial charge on any atom is 0.225 e. The fraction of sp³-hybridized carbons (Fsp3) is 0.400. The molecule has 1 aliphatic heterocycles. The number of pyridine rings is 1. The minimum Gasteiger partial charge on any atom is -0.381 e. The monoisotopic (exact) mass is 286 g/mol. The lowest BCUT2D eigenvalue weighted by atomic mass is 10.1. The molecule has 2 aromatic rings. The van der Waals surface area contributed by atoms with Crippen molar-refractivity contribution in [3.05, 3.63) is 36.9 Å². The zero-order valence-electron chi connectivity index (χ0n) is 11.7. The van der Waals surface area contributed by atoms with Crippen LogP contribution in [0.1, 0.15) is 6.42 Å². The van der Waals surface area contributed by atoms with Gasteiger partial charge in [-0.3, -0.25) is 14.5 Å². The van der Waals surface area contributed by atoms with Gasteiger partial charge in [0.25, 0.3) is 0 Å². The van der Waals surface area contributed by atoms with Gasteiger partial charge in [-0.15, -0.1) is 0 Å². The standard InChI is InChI=1S/C15H18N4O2/c20-15(13-3-7-21-11-13)17-5-6-19-10-14(9-18-19)12-2-1-4-16-8-12/h1-2,4,8-10,13H,3,5-7,11H2,(H,17,20)/t13-/m0/s1. The number of rotatable bonds is 5. The molecular weight excluding hydrogens is 268 g/mol. The van der Waals surface area contributed by atoms with E-state index in [1.165, 1.54) is 0 Å². The fourth-order valence-corrected chi connectivity index (χ4v) is 2.35. The molecule has 0 saturated carbocycles. The third kappa shape index (κ3) is 3.46. The summed E-state index contributed by atoms with van der Waals surface area (Å²) in [6.45, 7) is 2.45. The van der Waals surface area contributed by atoms with Crippen molar-refractivity contribution in [3.8, 4) is 11.1 Å². The molecule has 0 radical (unpaired) electrons. The highest BCUT2D eigenvalue weighted by Gasteiger charge is 2.22. The van der Waals surface area contributed by atoms with Gasteiger partial charge in [0.15, 0.2) is 0 Å². The predicted octanol–water partition coefficient (Wildman–Crippen LogP) is 1.10. The number of aromatic nitrogens is 3. The van der Waals surface area contributed by atoms with E-state index in [0.29, 0.717) is 26.3 Å². The molecule has 110 valence electrons. The van der Waals surface area contributed by atoms with E-state index in [1.54, 1.807) is 6.20 Å². The average Bonchev–Trinajstić information content (AvgIpc) is 3.20. The molecule has 3 heterocycles. The van der Waals surface area contributed by atoms with Crippen molar-refractivity contribution in [2.24, 2.45) is 5.92 Å². The summed E-state index contributed by atoms with van der Waals surface area (Å²) in [5.74, 6) is 0.0840. The topological polar surface area (TPSA) is 69.0 Å². The van der Waals surface area contributed by atoms with Crippen molar-refractivity contribution in [1.82, 2.24) is 20.1 Å². The van der Waals surface area contributed by atoms with Crippen LogP contribution in [0.3, 0.4) is 0 Å². The SMILES string of the molecule is O=C(NCCn1cc(-c2cccnc2)cn1)[C@H]1CCOC1. The molecule has 21 heavy (non-hydrogen) atoms. The van der Waals surface area contributed by atoms with Crippen LogP contribution in [-0.2, 0) is 16.1 Å². The van der Waals surface area contributed by atoms with E-state index in [0.717, 1.165) is 17.5 Å². The Labute approximate surface area is 123 Å². The third-order valence-corrected chi connectivity index (χ3v) is 3.57. The maximum absolute atomic E-state index is 11.8. The molecule has 2 aromatic heterocycles. The van der Waals surface area contributed by atoms with Crippen molar-refractivity contribution in [3.63, 3.8) is 0 Å². The number of nitrogens with one attached hydrogen (secondary N) is 1. The van der Waals surface area contributed by atoms with E-state index < -0.39 is 0 Å². The van der Waals surface area contributed by atoms with Gasteiger partial charge in [0.05, 0.1) is 25.3 Å². The molecule has 0 aromatic carbocycles. The van der Waals surface area contributed by atoms with E-state index in [2.05, 4.69) is 15.4 Å². The van der Waals surface area contributed by atoms with E-state index in [1.807, 2.05) is 35.4 Å². The first-order valence-corrected chi connectivity index (χ1v) is 7.11. The zero-order chi connectivity index (χ0) is 14.5. The summed E-state index contributed by atoms with van der Waals surface area (Å²) < 4.78 is 7.04. The van der Waals surface area contributed by atoms with Crippen molar-refractivity contribution in [2.75, 3.05) is 19.8 Å². The van der Waals surface area contributed by atoms with Crippen molar-refractivity contribution < 1.29 is 9.53 Å². The third-order valence-electron chi connectivity index (χ3n) is 3.57. The lowest BCUT2D eigenvalue weighted by Gasteiger charge is -2.09. The number of ether oxygens (including phenoxy) is 1. The van der Waals surface area contributed by atoms with Crippen molar-refractivity contribution in [2.45, 2.75) is 13.0 Å². The Kier molecular flexibility index (Phi) is 4.25. The number of amides is 1. The van der Waals surface area contributed by atoms with E-state index >= 15 is 0 Å². The quantitative estimate of drug-likeness (QED) is 0.893. The molecule has 0 unspecified atom stereocenters. The summed E-state index contributed by atoms with van der Waals surface area (Å²) in [5.41, 5.74) is 2.06. The Morgan fingerprint density at radius 3 is 3.14 bits per heavy atom. The van der Waals surface area contributed by atoms with Gasteiger partial charge in [-0.2, -0.15) is 5.10 Å². The van der Waals surface area contributed by atoms with Gasteiger partial charge < -0.3 is 10.1 Å². The van der Waals surface area contributed by atoms with E-state index in [4.69, 9.17) is 4.74 Å². The molecule has 0 aliphatic carbocycles. The minimum absolute atomic E-state index is 0.00794. The molecule has 1 aliphatic rings. The van der Waals surface area contributed by atoms with Crippen LogP contribution >= 0.6 is 0 Å². The smallest absolute Gasteiger partial charge is 0.225 e. The highest BCUT2D eigenvalue weighted by Crippen LogP contribution is 2.16. The number of nitrogens with zero attached hydrogens (tertiary/aromatic N) is 3. The van der Waals surface area contributed by atoms with Crippen LogP contribution < -0.4 is 5.32 Å². The molecule has 1 fully saturated rings. The summed E-state index contributed by atoms with van der Waals surface area (Å²) in [5, 5.41) is 7.23. The summed E-state index contributed by atoms with van der Waals surface area (Å²) >= 11 is 0. The molecule has 6 heteroatoms. The van der Waals surface area contributed by atoms with Crippen molar-refractivity contribution in [1.29, 1.82) is 0 Å². The molecule has 0 bridgehead atoms. The highest BCUT2D eigenvalue weighted by molar-refractivity contribution is 5.78. The highest BCUT2D eigenvalue weighted by atomic mass is 16.5. The molecule has 0 spiro atoms. The number of hydrogen-bond donors (Lipinski definition) is 1. The Balaban J connectivity index is 1.50. The van der Waals surface area contributed by atoms with Crippen LogP contribution in [0, 0.1) is 5.92 Å². The zero-order valence-corrected chi connectivity index (χ0v) is 11.7. The van der Waals surface area contributed by atoms with Gasteiger partial charge in [0.1, 0.15) is 0 Å². The predicted molar refractivity (Wildman–Crippen MR) is 77.4 cm³/mol. The summed E-state index contributed by atoms with van der Waals surface area (Å²) in [7, 11) is 0. The lowest BCUT2D eigenvalue weighted by molar-refractivity contribution is -0.124. The molecule has 1 atom stereocenters. The van der Waals surface area contributed by atoms with Gasteiger partial charge in [-0.25, -0.2) is 0 Å². The molecule has 6 nitrogen and oxygen atoms in total.